The van der Waals surface area contributed by atoms with E-state index in [1.54, 1.807) is 36.4 Å². The maximum atomic E-state index is 12.9. The number of carbonyl (C=O) groups excluding carboxylic acids is 1. The van der Waals surface area contributed by atoms with Crippen LogP contribution in [0.1, 0.15) is 24.4 Å². The van der Waals surface area contributed by atoms with Crippen molar-refractivity contribution >= 4 is 34.8 Å². The second kappa shape index (κ2) is 7.04. The van der Waals surface area contributed by atoms with Crippen LogP contribution >= 0.6 is 23.2 Å². The number of carbonyl (C=O) groups is 1. The molecule has 2 aromatic carbocycles. The fourth-order valence-electron chi connectivity index (χ4n) is 3.81. The van der Waals surface area contributed by atoms with E-state index in [1.807, 2.05) is 4.90 Å². The Balaban J connectivity index is 1.83. The lowest BCUT2D eigenvalue weighted by molar-refractivity contribution is -0.174. The number of nitrogens with one attached hydrogen (secondary N) is 1. The second-order valence-corrected chi connectivity index (χ2v) is 7.55. The largest absolute Gasteiger partial charge is 0.471 e. The number of benzene rings is 2. The SMILES string of the molecule is O=C(N[C@@H]1CCCN2c3cc(Cl)c(Cl)cc3Oc3ccccc3[C@@H]12)C(F)(F)F. The number of alkyl halides is 3. The number of fused-ring (bicyclic) bond motifs is 5. The first-order valence-corrected chi connectivity index (χ1v) is 9.41. The average molecular weight is 431 g/mol. The van der Waals surface area contributed by atoms with Crippen LogP contribution in [0, 0.1) is 0 Å². The first-order valence-electron chi connectivity index (χ1n) is 8.66. The number of para-hydroxylation sites is 1. The maximum absolute atomic E-state index is 12.9. The Morgan fingerprint density at radius 2 is 1.86 bits per heavy atom. The number of halogens is 5. The van der Waals surface area contributed by atoms with Gasteiger partial charge in [-0.15, -0.1) is 0 Å². The minimum atomic E-state index is -4.95. The lowest BCUT2D eigenvalue weighted by Crippen LogP contribution is -2.52. The number of hydrogen-bond acceptors (Lipinski definition) is 3. The number of ether oxygens (including phenoxy) is 1. The quantitative estimate of drug-likeness (QED) is 0.650. The molecule has 2 atom stereocenters. The average Bonchev–Trinajstić information content (AvgIpc) is 2.77. The Morgan fingerprint density at radius 1 is 1.14 bits per heavy atom. The van der Waals surface area contributed by atoms with Gasteiger partial charge in [0.1, 0.15) is 5.75 Å². The zero-order valence-corrected chi connectivity index (χ0v) is 15.9. The zero-order chi connectivity index (χ0) is 20.1. The predicted molar refractivity (Wildman–Crippen MR) is 100 cm³/mol. The van der Waals surface area contributed by atoms with Crippen LogP contribution in [0.3, 0.4) is 0 Å². The number of hydrogen-bond donors (Lipinski definition) is 1. The molecule has 28 heavy (non-hydrogen) atoms. The molecule has 2 heterocycles. The Kier molecular flexibility index (Phi) is 4.83. The van der Waals surface area contributed by atoms with E-state index < -0.39 is 24.2 Å². The highest BCUT2D eigenvalue weighted by Gasteiger charge is 2.44. The summed E-state index contributed by atoms with van der Waals surface area (Å²) in [6.45, 7) is 0.575. The molecular weight excluding hydrogens is 416 g/mol. The van der Waals surface area contributed by atoms with Gasteiger partial charge in [-0.05, 0) is 25.0 Å². The highest BCUT2D eigenvalue weighted by atomic mass is 35.5. The smallest absolute Gasteiger partial charge is 0.455 e. The molecule has 1 fully saturated rings. The first kappa shape index (κ1) is 19.2. The molecule has 0 aliphatic carbocycles. The maximum Gasteiger partial charge on any atom is 0.471 e. The molecule has 4 nitrogen and oxygen atoms in total. The summed E-state index contributed by atoms with van der Waals surface area (Å²) in [7, 11) is 0. The van der Waals surface area contributed by atoms with Gasteiger partial charge < -0.3 is 15.0 Å². The van der Waals surface area contributed by atoms with Gasteiger partial charge in [0.05, 0.1) is 27.8 Å². The monoisotopic (exact) mass is 430 g/mol. The number of amides is 1. The molecule has 0 aromatic heterocycles. The topological polar surface area (TPSA) is 41.6 Å². The van der Waals surface area contributed by atoms with E-state index in [4.69, 9.17) is 27.9 Å². The van der Waals surface area contributed by atoms with Crippen LogP contribution in [0.2, 0.25) is 10.0 Å². The van der Waals surface area contributed by atoms with Crippen LogP contribution in [-0.4, -0.2) is 24.7 Å². The third-order valence-corrected chi connectivity index (χ3v) is 5.70. The molecule has 9 heteroatoms. The summed E-state index contributed by atoms with van der Waals surface area (Å²) < 4.78 is 44.6. The summed E-state index contributed by atoms with van der Waals surface area (Å²) in [5, 5.41) is 2.79. The zero-order valence-electron chi connectivity index (χ0n) is 14.4. The number of anilines is 1. The van der Waals surface area contributed by atoms with Crippen molar-refractivity contribution in [1.29, 1.82) is 0 Å². The van der Waals surface area contributed by atoms with Gasteiger partial charge in [0.15, 0.2) is 5.75 Å². The summed E-state index contributed by atoms with van der Waals surface area (Å²) in [4.78, 5) is 13.5. The van der Waals surface area contributed by atoms with Crippen molar-refractivity contribution in [1.82, 2.24) is 5.32 Å². The molecule has 1 saturated heterocycles. The van der Waals surface area contributed by atoms with E-state index in [-0.39, 0.29) is 0 Å². The fourth-order valence-corrected chi connectivity index (χ4v) is 4.12. The third-order valence-electron chi connectivity index (χ3n) is 4.97. The molecule has 0 radical (unpaired) electrons. The summed E-state index contributed by atoms with van der Waals surface area (Å²) in [5.74, 6) is -0.980. The summed E-state index contributed by atoms with van der Waals surface area (Å²) >= 11 is 12.3. The van der Waals surface area contributed by atoms with E-state index in [0.29, 0.717) is 52.2 Å². The van der Waals surface area contributed by atoms with Gasteiger partial charge in [-0.3, -0.25) is 4.79 Å². The van der Waals surface area contributed by atoms with Crippen molar-refractivity contribution in [3.05, 3.63) is 52.0 Å². The van der Waals surface area contributed by atoms with Crippen molar-refractivity contribution in [2.75, 3.05) is 11.4 Å². The van der Waals surface area contributed by atoms with Crippen LogP contribution in [-0.2, 0) is 4.79 Å². The van der Waals surface area contributed by atoms with Crippen LogP contribution in [0.25, 0.3) is 0 Å². The molecule has 1 amide bonds. The van der Waals surface area contributed by atoms with Crippen molar-refractivity contribution in [2.24, 2.45) is 0 Å². The highest BCUT2D eigenvalue weighted by Crippen LogP contribution is 2.49. The van der Waals surface area contributed by atoms with Gasteiger partial charge >= 0.3 is 12.1 Å². The minimum Gasteiger partial charge on any atom is -0.455 e. The molecule has 0 bridgehead atoms. The lowest BCUT2D eigenvalue weighted by atomic mass is 9.89. The number of rotatable bonds is 1. The molecule has 0 spiro atoms. The summed E-state index contributed by atoms with van der Waals surface area (Å²) in [6.07, 6.45) is -3.94. The Labute approximate surface area is 169 Å². The van der Waals surface area contributed by atoms with E-state index in [0.717, 1.165) is 0 Å². The molecular formula is C19H15Cl2F3N2O2. The van der Waals surface area contributed by atoms with E-state index in [2.05, 4.69) is 5.32 Å². The molecule has 4 rings (SSSR count). The highest BCUT2D eigenvalue weighted by molar-refractivity contribution is 6.42. The van der Waals surface area contributed by atoms with Crippen molar-refractivity contribution < 1.29 is 22.7 Å². The molecule has 1 N–H and O–H groups in total. The third kappa shape index (κ3) is 3.37. The summed E-state index contributed by atoms with van der Waals surface area (Å²) in [6, 6.07) is 9.05. The van der Waals surface area contributed by atoms with Gasteiger partial charge in [0.2, 0.25) is 0 Å². The predicted octanol–water partition coefficient (Wildman–Crippen LogP) is 5.49. The van der Waals surface area contributed by atoms with Gasteiger partial charge in [0, 0.05) is 18.2 Å². The number of nitrogens with zero attached hydrogens (tertiary/aromatic N) is 1. The lowest BCUT2D eigenvalue weighted by Gasteiger charge is -2.42. The van der Waals surface area contributed by atoms with E-state index >= 15 is 0 Å². The molecule has 2 aliphatic heterocycles. The van der Waals surface area contributed by atoms with E-state index in [9.17, 15) is 18.0 Å². The van der Waals surface area contributed by atoms with Gasteiger partial charge in [-0.2, -0.15) is 13.2 Å². The molecule has 148 valence electrons. The van der Waals surface area contributed by atoms with E-state index in [1.165, 1.54) is 0 Å². The van der Waals surface area contributed by atoms with Crippen LogP contribution in [0.15, 0.2) is 36.4 Å². The van der Waals surface area contributed by atoms with Crippen LogP contribution in [0.4, 0.5) is 18.9 Å². The Morgan fingerprint density at radius 3 is 2.61 bits per heavy atom. The normalized spacial score (nSPS) is 21.0. The van der Waals surface area contributed by atoms with Gasteiger partial charge in [0.25, 0.3) is 0 Å². The summed E-state index contributed by atoms with van der Waals surface area (Å²) in [5.41, 5.74) is 1.32. The molecule has 0 saturated carbocycles. The van der Waals surface area contributed by atoms with Crippen molar-refractivity contribution in [3.8, 4) is 11.5 Å². The van der Waals surface area contributed by atoms with Crippen LogP contribution < -0.4 is 15.0 Å². The Hall–Kier alpha value is -2.12. The Bertz CT molecular complexity index is 936. The first-order chi connectivity index (χ1) is 13.3. The molecule has 0 unspecified atom stereocenters. The standard InChI is InChI=1S/C19H15Cl2F3N2O2/c20-11-8-14-16(9-12(11)21)28-15-6-2-1-4-10(15)17-13(5-3-7-26(14)17)25-18(27)19(22,23)24/h1-2,4,6,8-9,13,17H,3,5,7H2,(H,25,27)/t13-,17+/m1/s1. The second-order valence-electron chi connectivity index (χ2n) is 6.73. The van der Waals surface area contributed by atoms with Gasteiger partial charge in [-0.1, -0.05) is 41.4 Å². The molecule has 2 aromatic rings. The molecule has 2 aliphatic rings. The number of piperidine rings is 1. The fraction of sp³-hybridized carbons (Fsp3) is 0.316. The van der Waals surface area contributed by atoms with Crippen molar-refractivity contribution in [2.45, 2.75) is 31.1 Å². The van der Waals surface area contributed by atoms with Gasteiger partial charge in [-0.25, -0.2) is 0 Å². The minimum absolute atomic E-state index is 0.315. The van der Waals surface area contributed by atoms with Crippen molar-refractivity contribution in [3.63, 3.8) is 0 Å². The van der Waals surface area contributed by atoms with Crippen LogP contribution in [0.5, 0.6) is 11.5 Å².